The highest BCUT2D eigenvalue weighted by Crippen LogP contribution is 2.15. The monoisotopic (exact) mass is 318 g/mol. The molecule has 2 amide bonds. The van der Waals surface area contributed by atoms with Crippen LogP contribution in [-0.4, -0.2) is 45.5 Å². The van der Waals surface area contributed by atoms with Crippen LogP contribution in [0.2, 0.25) is 0 Å². The normalized spacial score (nSPS) is 14.1. The molecule has 0 heterocycles. The molecule has 0 radical (unpaired) electrons. The summed E-state index contributed by atoms with van der Waals surface area (Å²) in [6, 6.07) is -0.905. The zero-order valence-electron chi connectivity index (χ0n) is 13.4. The highest BCUT2D eigenvalue weighted by atomic mass is 32.2. The van der Waals surface area contributed by atoms with Crippen molar-refractivity contribution in [2.24, 2.45) is 0 Å². The molecule has 0 rings (SSSR count). The molecule has 21 heavy (non-hydrogen) atoms. The number of hydrogen-bond donors (Lipinski definition) is 3. The van der Waals surface area contributed by atoms with Crippen LogP contribution in [0.25, 0.3) is 0 Å². The van der Waals surface area contributed by atoms with Crippen LogP contribution in [0.4, 0.5) is 0 Å². The summed E-state index contributed by atoms with van der Waals surface area (Å²) in [6.45, 7) is 8.99. The minimum atomic E-state index is -1.06. The standard InChI is InChI=1S/C14H26N2O4S/c1-6-14(4,5)16-12(18)9(2)21-8-7-11(13(19)20)15-10(3)17/h9,11H,6-8H2,1-5H3,(H,15,17)(H,16,18)(H,19,20). The summed E-state index contributed by atoms with van der Waals surface area (Å²) in [5.41, 5.74) is -0.244. The van der Waals surface area contributed by atoms with Crippen LogP contribution in [0.3, 0.4) is 0 Å². The lowest BCUT2D eigenvalue weighted by molar-refractivity contribution is -0.141. The SMILES string of the molecule is CCC(C)(C)NC(=O)C(C)SCCC(NC(C)=O)C(=O)O. The first-order valence-corrected chi connectivity index (χ1v) is 8.07. The van der Waals surface area contributed by atoms with Gasteiger partial charge in [0, 0.05) is 12.5 Å². The summed E-state index contributed by atoms with van der Waals surface area (Å²) in [5.74, 6) is -1.01. The van der Waals surface area contributed by atoms with Crippen LogP contribution in [0.1, 0.15) is 47.5 Å². The topological polar surface area (TPSA) is 95.5 Å². The quantitative estimate of drug-likeness (QED) is 0.597. The average molecular weight is 318 g/mol. The van der Waals surface area contributed by atoms with Crippen molar-refractivity contribution >= 4 is 29.5 Å². The number of carbonyl (C=O) groups is 3. The Morgan fingerprint density at radius 2 is 1.86 bits per heavy atom. The summed E-state index contributed by atoms with van der Waals surface area (Å²) in [4.78, 5) is 33.9. The van der Waals surface area contributed by atoms with Crippen molar-refractivity contribution in [2.45, 2.75) is 64.3 Å². The van der Waals surface area contributed by atoms with Gasteiger partial charge in [-0.3, -0.25) is 9.59 Å². The number of carbonyl (C=O) groups excluding carboxylic acids is 2. The van der Waals surface area contributed by atoms with E-state index in [4.69, 9.17) is 5.11 Å². The molecule has 0 aromatic heterocycles. The number of aliphatic carboxylic acids is 1. The van der Waals surface area contributed by atoms with Crippen LogP contribution >= 0.6 is 11.8 Å². The molecule has 2 unspecified atom stereocenters. The Balaban J connectivity index is 4.23. The number of hydrogen-bond acceptors (Lipinski definition) is 4. The molecule has 0 saturated heterocycles. The zero-order valence-corrected chi connectivity index (χ0v) is 14.2. The third-order valence-corrected chi connectivity index (χ3v) is 4.35. The van der Waals surface area contributed by atoms with E-state index in [1.807, 2.05) is 20.8 Å². The molecule has 6 nitrogen and oxygen atoms in total. The van der Waals surface area contributed by atoms with Crippen LogP contribution in [0, 0.1) is 0 Å². The van der Waals surface area contributed by atoms with Crippen molar-refractivity contribution in [3.05, 3.63) is 0 Å². The lowest BCUT2D eigenvalue weighted by Gasteiger charge is -2.26. The Morgan fingerprint density at radius 1 is 1.29 bits per heavy atom. The van der Waals surface area contributed by atoms with Gasteiger partial charge in [-0.15, -0.1) is 11.8 Å². The smallest absolute Gasteiger partial charge is 0.326 e. The number of carboxylic acids is 1. The largest absolute Gasteiger partial charge is 0.480 e. The van der Waals surface area contributed by atoms with E-state index in [1.54, 1.807) is 6.92 Å². The molecule has 3 N–H and O–H groups in total. The number of thioether (sulfide) groups is 1. The first-order chi connectivity index (χ1) is 9.59. The third-order valence-electron chi connectivity index (χ3n) is 3.16. The Kier molecular flexibility index (Phi) is 8.39. The summed E-state index contributed by atoms with van der Waals surface area (Å²) >= 11 is 1.38. The lowest BCUT2D eigenvalue weighted by Crippen LogP contribution is -2.46. The first kappa shape index (κ1) is 19.8. The number of amides is 2. The predicted octanol–water partition coefficient (Wildman–Crippen LogP) is 1.39. The fourth-order valence-electron chi connectivity index (χ4n) is 1.46. The Bertz CT molecular complexity index is 385. The van der Waals surface area contributed by atoms with E-state index < -0.39 is 12.0 Å². The Hall–Kier alpha value is -1.24. The molecule has 0 spiro atoms. The van der Waals surface area contributed by atoms with E-state index in [-0.39, 0.29) is 29.0 Å². The van der Waals surface area contributed by atoms with Crippen molar-refractivity contribution in [3.63, 3.8) is 0 Å². The first-order valence-electron chi connectivity index (χ1n) is 7.02. The van der Waals surface area contributed by atoms with Crippen molar-refractivity contribution < 1.29 is 19.5 Å². The summed E-state index contributed by atoms with van der Waals surface area (Å²) < 4.78 is 0. The summed E-state index contributed by atoms with van der Waals surface area (Å²) in [7, 11) is 0. The van der Waals surface area contributed by atoms with Crippen molar-refractivity contribution in [1.29, 1.82) is 0 Å². The molecule has 0 saturated carbocycles. The summed E-state index contributed by atoms with van der Waals surface area (Å²) in [6.07, 6.45) is 1.12. The highest BCUT2D eigenvalue weighted by Gasteiger charge is 2.23. The van der Waals surface area contributed by atoms with Gasteiger partial charge in [0.05, 0.1) is 5.25 Å². The second-order valence-electron chi connectivity index (χ2n) is 5.62. The third kappa shape index (κ3) is 8.60. The van der Waals surface area contributed by atoms with Crippen LogP contribution in [0.5, 0.6) is 0 Å². The lowest BCUT2D eigenvalue weighted by atomic mass is 10.0. The van der Waals surface area contributed by atoms with Gasteiger partial charge in [-0.05, 0) is 39.4 Å². The maximum atomic E-state index is 12.0. The fourth-order valence-corrected chi connectivity index (χ4v) is 2.40. The molecule has 0 fully saturated rings. The molecule has 0 aromatic rings. The number of rotatable bonds is 9. The number of carboxylic acid groups (broad SMARTS) is 1. The van der Waals surface area contributed by atoms with Gasteiger partial charge < -0.3 is 15.7 Å². The van der Waals surface area contributed by atoms with Gasteiger partial charge >= 0.3 is 5.97 Å². The average Bonchev–Trinajstić information content (AvgIpc) is 2.36. The van der Waals surface area contributed by atoms with E-state index in [2.05, 4.69) is 10.6 Å². The van der Waals surface area contributed by atoms with Gasteiger partial charge in [-0.1, -0.05) is 6.92 Å². The molecule has 0 aromatic carbocycles. The molecule has 7 heteroatoms. The minimum Gasteiger partial charge on any atom is -0.480 e. The molecule has 0 aliphatic rings. The van der Waals surface area contributed by atoms with Gasteiger partial charge in [0.2, 0.25) is 11.8 Å². The minimum absolute atomic E-state index is 0.0572. The molecule has 0 aliphatic heterocycles. The maximum Gasteiger partial charge on any atom is 0.326 e. The predicted molar refractivity (Wildman–Crippen MR) is 84.3 cm³/mol. The molecule has 0 aliphatic carbocycles. The summed E-state index contributed by atoms with van der Waals surface area (Å²) in [5, 5.41) is 14.0. The van der Waals surface area contributed by atoms with Gasteiger partial charge in [-0.25, -0.2) is 4.79 Å². The Morgan fingerprint density at radius 3 is 2.29 bits per heavy atom. The molecular formula is C14H26N2O4S. The van der Waals surface area contributed by atoms with Crippen molar-refractivity contribution in [1.82, 2.24) is 10.6 Å². The molecular weight excluding hydrogens is 292 g/mol. The van der Waals surface area contributed by atoms with E-state index in [9.17, 15) is 14.4 Å². The number of nitrogens with one attached hydrogen (secondary N) is 2. The highest BCUT2D eigenvalue weighted by molar-refractivity contribution is 8.00. The second-order valence-corrected chi connectivity index (χ2v) is 7.07. The molecule has 2 atom stereocenters. The van der Waals surface area contributed by atoms with E-state index in [0.29, 0.717) is 5.75 Å². The van der Waals surface area contributed by atoms with Gasteiger partial charge in [0.25, 0.3) is 0 Å². The van der Waals surface area contributed by atoms with E-state index in [0.717, 1.165) is 6.42 Å². The van der Waals surface area contributed by atoms with Gasteiger partial charge in [0.15, 0.2) is 0 Å². The van der Waals surface area contributed by atoms with Crippen LogP contribution in [0.15, 0.2) is 0 Å². The molecule has 0 bridgehead atoms. The molecule has 122 valence electrons. The van der Waals surface area contributed by atoms with Gasteiger partial charge in [0.1, 0.15) is 6.04 Å². The zero-order chi connectivity index (χ0) is 16.6. The van der Waals surface area contributed by atoms with Gasteiger partial charge in [-0.2, -0.15) is 0 Å². The van der Waals surface area contributed by atoms with E-state index >= 15 is 0 Å². The van der Waals surface area contributed by atoms with Crippen molar-refractivity contribution in [3.8, 4) is 0 Å². The van der Waals surface area contributed by atoms with E-state index in [1.165, 1.54) is 18.7 Å². The van der Waals surface area contributed by atoms with Crippen LogP contribution < -0.4 is 10.6 Å². The maximum absolute atomic E-state index is 12.0. The second kappa shape index (κ2) is 8.92. The van der Waals surface area contributed by atoms with Crippen molar-refractivity contribution in [2.75, 3.05) is 5.75 Å². The van der Waals surface area contributed by atoms with Crippen LogP contribution in [-0.2, 0) is 14.4 Å². The fraction of sp³-hybridized carbons (Fsp3) is 0.786. The Labute approximate surface area is 130 Å².